The van der Waals surface area contributed by atoms with Crippen molar-refractivity contribution in [3.63, 3.8) is 0 Å². The quantitative estimate of drug-likeness (QED) is 0.165. The second kappa shape index (κ2) is 17.5. The van der Waals surface area contributed by atoms with Crippen LogP contribution >= 0.6 is 0 Å². The molecular formula is C33H39NO4Ti. The number of rotatable bonds is 6. The van der Waals surface area contributed by atoms with E-state index in [1.54, 1.807) is 52.1 Å². The Morgan fingerprint density at radius 1 is 0.615 bits per heavy atom. The third-order valence-corrected chi connectivity index (χ3v) is 5.24. The Balaban J connectivity index is 0.000000748. The maximum absolute atomic E-state index is 12.2. The number of hydrogen-bond acceptors (Lipinski definition) is 5. The molecule has 204 valence electrons. The van der Waals surface area contributed by atoms with Crippen LogP contribution in [-0.4, -0.2) is 38.8 Å². The van der Waals surface area contributed by atoms with Gasteiger partial charge in [0.25, 0.3) is 0 Å². The van der Waals surface area contributed by atoms with E-state index in [1.807, 2.05) is 97.1 Å². The van der Waals surface area contributed by atoms with Crippen molar-refractivity contribution in [2.45, 2.75) is 51.5 Å². The number of benzene rings is 4. The number of para-hydroxylation sites is 1. The zero-order chi connectivity index (χ0) is 28.0. The Morgan fingerprint density at radius 2 is 0.974 bits per heavy atom. The summed E-state index contributed by atoms with van der Waals surface area (Å²) >= 11 is 0. The van der Waals surface area contributed by atoms with Gasteiger partial charge in [-0.05, 0) is 56.5 Å². The molecule has 0 aliphatic carbocycles. The Hall–Kier alpha value is -3.06. The van der Waals surface area contributed by atoms with Crippen molar-refractivity contribution in [1.82, 2.24) is 0 Å². The molecule has 0 spiro atoms. The molecule has 4 aromatic rings. The molecule has 0 aliphatic heterocycles. The maximum Gasteiger partial charge on any atom is 0.141 e. The van der Waals surface area contributed by atoms with Crippen LogP contribution in [0.1, 0.15) is 56.0 Å². The van der Waals surface area contributed by atoms with Gasteiger partial charge in [-0.3, -0.25) is 4.99 Å². The third-order valence-electron chi connectivity index (χ3n) is 5.24. The van der Waals surface area contributed by atoms with Crippen LogP contribution in [0.2, 0.25) is 0 Å². The molecule has 6 heteroatoms. The van der Waals surface area contributed by atoms with Crippen LogP contribution in [0.4, 0.5) is 0 Å². The molecule has 4 rings (SSSR count). The molecule has 0 saturated carbocycles. The predicted octanol–water partition coefficient (Wildman–Crippen LogP) is 6.26. The van der Waals surface area contributed by atoms with Crippen molar-refractivity contribution in [2.75, 3.05) is 0 Å². The molecule has 0 radical (unpaired) electrons. The molecule has 0 amide bonds. The van der Waals surface area contributed by atoms with Crippen LogP contribution in [0.15, 0.2) is 120 Å². The standard InChI is InChI=1S/C27H23NO2.2C3H8O.Ti/c29-25-19-11-10-14-22(25)20-28-26(21-12-4-1-5-13-21)27(30,23-15-6-2-7-16-23)24-17-8-3-9-18-24;2*1-3(2)4;/h1-20,26,29-30H;2*3-4H,1-2H3;/t26-;;;/m1.../s1. The zero-order valence-electron chi connectivity index (χ0n) is 23.0. The van der Waals surface area contributed by atoms with E-state index in [1.165, 1.54) is 0 Å². The van der Waals surface area contributed by atoms with E-state index in [9.17, 15) is 10.2 Å². The van der Waals surface area contributed by atoms with E-state index >= 15 is 0 Å². The fraction of sp³-hybridized carbons (Fsp3) is 0.242. The summed E-state index contributed by atoms with van der Waals surface area (Å²) in [5.74, 6) is 0.149. The van der Waals surface area contributed by atoms with E-state index in [0.717, 1.165) is 16.7 Å². The van der Waals surface area contributed by atoms with Crippen molar-refractivity contribution in [3.8, 4) is 5.75 Å². The average Bonchev–Trinajstić information content (AvgIpc) is 2.90. The molecule has 4 N–H and O–H groups in total. The normalized spacial score (nSPS) is 11.6. The first-order chi connectivity index (χ1) is 18.2. The SMILES string of the molecule is CC(C)O.CC(C)O.Oc1ccccc1C=N[C@H](c1ccccc1)C(O)(c1ccccc1)c1ccccc1.[Ti]. The first-order valence-electron chi connectivity index (χ1n) is 12.7. The van der Waals surface area contributed by atoms with E-state index in [2.05, 4.69) is 0 Å². The second-order valence-electron chi connectivity index (χ2n) is 9.34. The first-order valence-corrected chi connectivity index (χ1v) is 12.7. The van der Waals surface area contributed by atoms with Gasteiger partial charge in [-0.25, -0.2) is 0 Å². The second-order valence-corrected chi connectivity index (χ2v) is 9.34. The summed E-state index contributed by atoms with van der Waals surface area (Å²) in [6.07, 6.45) is 1.30. The number of nitrogens with zero attached hydrogens (tertiary/aromatic N) is 1. The van der Waals surface area contributed by atoms with Gasteiger partial charge >= 0.3 is 0 Å². The number of phenols is 1. The summed E-state index contributed by atoms with van der Waals surface area (Å²) in [5, 5.41) is 38.5. The molecule has 0 bridgehead atoms. The third kappa shape index (κ3) is 10.9. The van der Waals surface area contributed by atoms with Gasteiger partial charge in [0.1, 0.15) is 17.4 Å². The molecule has 1 atom stereocenters. The topological polar surface area (TPSA) is 93.3 Å². The molecule has 0 aliphatic rings. The van der Waals surface area contributed by atoms with Crippen LogP contribution in [0, 0.1) is 0 Å². The van der Waals surface area contributed by atoms with Crippen molar-refractivity contribution in [2.24, 2.45) is 4.99 Å². The van der Waals surface area contributed by atoms with Gasteiger partial charge in [-0.2, -0.15) is 0 Å². The van der Waals surface area contributed by atoms with Crippen LogP contribution < -0.4 is 0 Å². The van der Waals surface area contributed by atoms with Crippen LogP contribution in [-0.2, 0) is 27.3 Å². The minimum Gasteiger partial charge on any atom is -0.507 e. The number of hydrogen-bond donors (Lipinski definition) is 4. The van der Waals surface area contributed by atoms with E-state index < -0.39 is 11.6 Å². The first kappa shape index (κ1) is 34.0. The molecule has 0 unspecified atom stereocenters. The molecular weight excluding hydrogens is 522 g/mol. The van der Waals surface area contributed by atoms with Gasteiger partial charge in [-0.15, -0.1) is 0 Å². The molecule has 4 aromatic carbocycles. The maximum atomic E-state index is 12.2. The van der Waals surface area contributed by atoms with Gasteiger partial charge in [0.2, 0.25) is 0 Å². The zero-order valence-corrected chi connectivity index (χ0v) is 24.6. The van der Waals surface area contributed by atoms with Gasteiger partial charge in [0.15, 0.2) is 0 Å². The Kier molecular flexibility index (Phi) is 15.3. The summed E-state index contributed by atoms with van der Waals surface area (Å²) in [4.78, 5) is 4.81. The summed E-state index contributed by atoms with van der Waals surface area (Å²) in [6.45, 7) is 6.89. The molecule has 5 nitrogen and oxygen atoms in total. The summed E-state index contributed by atoms with van der Waals surface area (Å²) in [7, 11) is 0. The molecule has 0 saturated heterocycles. The number of phenolic OH excluding ortho intramolecular Hbond substituents is 1. The molecule has 0 aromatic heterocycles. The number of aliphatic imine (C=N–C) groups is 1. The fourth-order valence-corrected chi connectivity index (χ4v) is 3.69. The van der Waals surface area contributed by atoms with Crippen LogP contribution in [0.5, 0.6) is 5.75 Å². The van der Waals surface area contributed by atoms with Crippen molar-refractivity contribution < 1.29 is 42.1 Å². The fourth-order valence-electron chi connectivity index (χ4n) is 3.69. The van der Waals surface area contributed by atoms with Gasteiger partial charge in [0, 0.05) is 45.7 Å². The molecule has 0 heterocycles. The van der Waals surface area contributed by atoms with E-state index in [0.29, 0.717) is 5.56 Å². The van der Waals surface area contributed by atoms with Gasteiger partial charge < -0.3 is 20.4 Å². The predicted molar refractivity (Wildman–Crippen MR) is 155 cm³/mol. The Morgan fingerprint density at radius 3 is 1.38 bits per heavy atom. The van der Waals surface area contributed by atoms with E-state index in [4.69, 9.17) is 15.2 Å². The van der Waals surface area contributed by atoms with Crippen molar-refractivity contribution >= 4 is 6.21 Å². The monoisotopic (exact) mass is 561 g/mol. The average molecular weight is 562 g/mol. The van der Waals surface area contributed by atoms with Crippen molar-refractivity contribution in [3.05, 3.63) is 138 Å². The minimum atomic E-state index is -1.40. The minimum absolute atomic E-state index is 0. The van der Waals surface area contributed by atoms with E-state index in [-0.39, 0.29) is 39.7 Å². The van der Waals surface area contributed by atoms with Crippen molar-refractivity contribution in [1.29, 1.82) is 0 Å². The Labute approximate surface area is 247 Å². The van der Waals surface area contributed by atoms with Gasteiger partial charge in [-0.1, -0.05) is 103 Å². The van der Waals surface area contributed by atoms with Gasteiger partial charge in [0.05, 0.1) is 0 Å². The number of aliphatic hydroxyl groups excluding tert-OH is 2. The number of aromatic hydroxyl groups is 1. The Bertz CT molecular complexity index is 1170. The summed E-state index contributed by atoms with van der Waals surface area (Å²) in [6, 6.07) is 35.3. The summed E-state index contributed by atoms with van der Waals surface area (Å²) < 4.78 is 0. The largest absolute Gasteiger partial charge is 0.507 e. The molecule has 0 fully saturated rings. The van der Waals surface area contributed by atoms with Crippen LogP contribution in [0.3, 0.4) is 0 Å². The number of aliphatic hydroxyl groups is 3. The smallest absolute Gasteiger partial charge is 0.141 e. The van der Waals surface area contributed by atoms with Crippen LogP contribution in [0.25, 0.3) is 0 Å². The summed E-state index contributed by atoms with van der Waals surface area (Å²) in [5.41, 5.74) is 1.57. The molecule has 39 heavy (non-hydrogen) atoms.